The lowest BCUT2D eigenvalue weighted by molar-refractivity contribution is -0.146. The molecule has 164 valence electrons. The van der Waals surface area contributed by atoms with Crippen LogP contribution < -0.4 is 16.0 Å². The van der Waals surface area contributed by atoms with E-state index in [9.17, 15) is 14.4 Å². The number of halogens is 1. The average molecular weight is 451 g/mol. The smallest absolute Gasteiger partial charge is 0.278 e. The summed E-state index contributed by atoms with van der Waals surface area (Å²) in [5, 5.41) is 9.63. The molecule has 1 unspecified atom stereocenters. The summed E-state index contributed by atoms with van der Waals surface area (Å²) in [7, 11) is 0. The molecule has 3 N–H and O–H groups in total. The number of piperidine rings is 1. The van der Waals surface area contributed by atoms with Crippen molar-refractivity contribution in [2.45, 2.75) is 32.4 Å². The van der Waals surface area contributed by atoms with Gasteiger partial charge >= 0.3 is 0 Å². The lowest BCUT2D eigenvalue weighted by Crippen LogP contribution is -2.52. The number of carbonyl (C=O) groups excluding carboxylic acids is 3. The van der Waals surface area contributed by atoms with Crippen LogP contribution >= 0.6 is 11.6 Å². The summed E-state index contributed by atoms with van der Waals surface area (Å²) in [4.78, 5) is 38.4. The van der Waals surface area contributed by atoms with Crippen LogP contribution in [0.4, 0.5) is 11.4 Å². The molecule has 2 heterocycles. The number of nitrogens with one attached hydrogen (secondary N) is 3. The molecule has 1 atom stereocenters. The highest BCUT2D eigenvalue weighted by Crippen LogP contribution is 2.25. The molecule has 0 aliphatic carbocycles. The van der Waals surface area contributed by atoms with Gasteiger partial charge in [0.15, 0.2) is 0 Å². The first-order valence-electron chi connectivity index (χ1n) is 10.3. The molecule has 0 radical (unpaired) electrons. The lowest BCUT2D eigenvalue weighted by atomic mass is 10.0. The normalized spacial score (nSPS) is 18.5. The Morgan fingerprint density at radius 1 is 1.12 bits per heavy atom. The summed E-state index contributed by atoms with van der Waals surface area (Å²) in [5.74, 6) is -1.39. The van der Waals surface area contributed by atoms with Crippen molar-refractivity contribution in [3.05, 3.63) is 82.7 Å². The van der Waals surface area contributed by atoms with Gasteiger partial charge in [-0.3, -0.25) is 19.3 Å². The quantitative estimate of drug-likeness (QED) is 0.583. The maximum atomic E-state index is 12.8. The number of carbonyl (C=O) groups is 3. The van der Waals surface area contributed by atoms with Crippen LogP contribution in [0.5, 0.6) is 0 Å². The van der Waals surface area contributed by atoms with E-state index in [1.807, 2.05) is 49.4 Å². The van der Waals surface area contributed by atoms with Gasteiger partial charge in [0.2, 0.25) is 5.91 Å². The molecule has 1 fully saturated rings. The number of allylic oxidation sites excluding steroid dienone is 1. The summed E-state index contributed by atoms with van der Waals surface area (Å²) in [6.45, 7) is 6.28. The van der Waals surface area contributed by atoms with Crippen LogP contribution in [-0.2, 0) is 20.9 Å². The Bertz CT molecular complexity index is 1140. The zero-order valence-corrected chi connectivity index (χ0v) is 18.3. The molecule has 7 nitrogen and oxygen atoms in total. The Hall–Kier alpha value is -3.58. The SMILES string of the molecule is C=C1CCC(N2C(=O)C=C(Nc3ccc(CNc4ccc(C)c(Cl)c4)cc3)C2=O)C(=O)N1. The van der Waals surface area contributed by atoms with Crippen molar-refractivity contribution >= 4 is 40.7 Å². The van der Waals surface area contributed by atoms with Gasteiger partial charge in [0, 0.05) is 34.7 Å². The minimum Gasteiger partial charge on any atom is -0.381 e. The lowest BCUT2D eigenvalue weighted by Gasteiger charge is -2.29. The Morgan fingerprint density at radius 3 is 2.53 bits per heavy atom. The topological polar surface area (TPSA) is 90.5 Å². The van der Waals surface area contributed by atoms with Gasteiger partial charge in [0.1, 0.15) is 11.7 Å². The summed E-state index contributed by atoms with van der Waals surface area (Å²) in [5.41, 5.74) is 4.40. The maximum absolute atomic E-state index is 12.8. The molecule has 0 saturated carbocycles. The number of hydrogen-bond acceptors (Lipinski definition) is 5. The van der Waals surface area contributed by atoms with Gasteiger partial charge in [-0.1, -0.05) is 36.4 Å². The van der Waals surface area contributed by atoms with E-state index in [4.69, 9.17) is 11.6 Å². The van der Waals surface area contributed by atoms with Gasteiger partial charge in [-0.2, -0.15) is 0 Å². The van der Waals surface area contributed by atoms with Crippen LogP contribution in [0, 0.1) is 6.92 Å². The van der Waals surface area contributed by atoms with E-state index in [-0.39, 0.29) is 11.6 Å². The highest BCUT2D eigenvalue weighted by Gasteiger charge is 2.41. The molecule has 2 aliphatic rings. The molecule has 2 aromatic rings. The largest absolute Gasteiger partial charge is 0.381 e. The highest BCUT2D eigenvalue weighted by atomic mass is 35.5. The van der Waals surface area contributed by atoms with E-state index in [0.29, 0.717) is 35.8 Å². The zero-order chi connectivity index (χ0) is 22.8. The van der Waals surface area contributed by atoms with E-state index >= 15 is 0 Å². The van der Waals surface area contributed by atoms with Crippen molar-refractivity contribution < 1.29 is 14.4 Å². The molecule has 8 heteroatoms. The van der Waals surface area contributed by atoms with Crippen LogP contribution in [0.1, 0.15) is 24.0 Å². The fourth-order valence-electron chi connectivity index (χ4n) is 3.65. The van der Waals surface area contributed by atoms with Gasteiger partial charge in [0.05, 0.1) is 0 Å². The minimum absolute atomic E-state index is 0.146. The molecule has 2 aliphatic heterocycles. The van der Waals surface area contributed by atoms with E-state index in [0.717, 1.165) is 21.7 Å². The van der Waals surface area contributed by atoms with Crippen molar-refractivity contribution in [1.82, 2.24) is 10.2 Å². The Labute approximate surface area is 191 Å². The fraction of sp³-hybridized carbons (Fsp3) is 0.208. The molecule has 2 aromatic carbocycles. The number of amides is 3. The Morgan fingerprint density at radius 2 is 1.84 bits per heavy atom. The van der Waals surface area contributed by atoms with Gasteiger partial charge in [0.25, 0.3) is 11.8 Å². The molecule has 4 rings (SSSR count). The van der Waals surface area contributed by atoms with E-state index in [2.05, 4.69) is 22.5 Å². The second-order valence-corrected chi connectivity index (χ2v) is 8.27. The third-order valence-electron chi connectivity index (χ3n) is 5.49. The van der Waals surface area contributed by atoms with Crippen molar-refractivity contribution in [2.75, 3.05) is 10.6 Å². The van der Waals surface area contributed by atoms with Gasteiger partial charge in [-0.25, -0.2) is 0 Å². The standard InChI is InChI=1S/C24H23ClN4O3/c1-14-3-7-18(11-19(14)25)26-13-16-5-8-17(9-6-16)28-20-12-22(30)29(24(20)32)21-10-4-15(2)27-23(21)31/h3,5-9,11-12,21,26,28H,2,4,10,13H2,1H3,(H,27,31). The summed E-state index contributed by atoms with van der Waals surface area (Å²) < 4.78 is 0. The molecule has 0 aromatic heterocycles. The minimum atomic E-state index is -0.820. The third kappa shape index (κ3) is 4.53. The number of rotatable bonds is 6. The molecule has 0 spiro atoms. The zero-order valence-electron chi connectivity index (χ0n) is 17.6. The Balaban J connectivity index is 1.37. The first-order chi connectivity index (χ1) is 15.3. The van der Waals surface area contributed by atoms with Gasteiger partial charge in [-0.05, 0) is 55.2 Å². The van der Waals surface area contributed by atoms with Crippen molar-refractivity contribution in [3.63, 3.8) is 0 Å². The van der Waals surface area contributed by atoms with Gasteiger partial charge < -0.3 is 16.0 Å². The number of anilines is 2. The number of imide groups is 1. The number of benzene rings is 2. The first kappa shape index (κ1) is 21.6. The molecular formula is C24H23ClN4O3. The second-order valence-electron chi connectivity index (χ2n) is 7.86. The van der Waals surface area contributed by atoms with Crippen LogP contribution in [0.2, 0.25) is 5.02 Å². The van der Waals surface area contributed by atoms with E-state index in [1.165, 1.54) is 6.08 Å². The molecule has 1 saturated heterocycles. The number of hydrogen-bond donors (Lipinski definition) is 3. The van der Waals surface area contributed by atoms with E-state index < -0.39 is 17.9 Å². The number of nitrogens with zero attached hydrogens (tertiary/aromatic N) is 1. The molecule has 3 amide bonds. The summed E-state index contributed by atoms with van der Waals surface area (Å²) in [6, 6.07) is 12.5. The predicted molar refractivity (Wildman–Crippen MR) is 124 cm³/mol. The maximum Gasteiger partial charge on any atom is 0.278 e. The van der Waals surface area contributed by atoms with Crippen LogP contribution in [0.3, 0.4) is 0 Å². The Kier molecular flexibility index (Phi) is 6.01. The highest BCUT2D eigenvalue weighted by molar-refractivity contribution is 6.31. The van der Waals surface area contributed by atoms with Crippen molar-refractivity contribution in [3.8, 4) is 0 Å². The molecule has 32 heavy (non-hydrogen) atoms. The number of aryl methyl sites for hydroxylation is 1. The second kappa shape index (κ2) is 8.88. The summed E-state index contributed by atoms with van der Waals surface area (Å²) >= 11 is 6.16. The monoisotopic (exact) mass is 450 g/mol. The molecular weight excluding hydrogens is 428 g/mol. The third-order valence-corrected chi connectivity index (χ3v) is 5.90. The molecule has 0 bridgehead atoms. The average Bonchev–Trinajstić information content (AvgIpc) is 3.03. The summed E-state index contributed by atoms with van der Waals surface area (Å²) in [6.07, 6.45) is 2.13. The van der Waals surface area contributed by atoms with Crippen molar-refractivity contribution in [2.24, 2.45) is 0 Å². The van der Waals surface area contributed by atoms with Gasteiger partial charge in [-0.15, -0.1) is 0 Å². The van der Waals surface area contributed by atoms with E-state index in [1.54, 1.807) is 0 Å². The van der Waals surface area contributed by atoms with Crippen molar-refractivity contribution in [1.29, 1.82) is 0 Å². The fourth-order valence-corrected chi connectivity index (χ4v) is 3.83. The first-order valence-corrected chi connectivity index (χ1v) is 10.6. The van der Waals surface area contributed by atoms with Crippen LogP contribution in [0.15, 0.2) is 66.5 Å². The van der Waals surface area contributed by atoms with Crippen LogP contribution in [-0.4, -0.2) is 28.7 Å². The predicted octanol–water partition coefficient (Wildman–Crippen LogP) is 3.72. The van der Waals surface area contributed by atoms with Crippen LogP contribution in [0.25, 0.3) is 0 Å².